The molecule has 0 heterocycles. The van der Waals surface area contributed by atoms with Crippen LogP contribution in [0.4, 0.5) is 5.69 Å². The Morgan fingerprint density at radius 2 is 1.72 bits per heavy atom. The van der Waals surface area contributed by atoms with Crippen LogP contribution in [-0.4, -0.2) is 33.6 Å². The third-order valence-electron chi connectivity index (χ3n) is 5.47. The Bertz CT molecular complexity index is 1130. The number of carbonyl (C=O) groups is 1. The number of benzene rings is 2. The molecule has 0 unspecified atom stereocenters. The van der Waals surface area contributed by atoms with Crippen molar-refractivity contribution in [2.24, 2.45) is 0 Å². The lowest BCUT2D eigenvalue weighted by atomic mass is 10.2. The summed E-state index contributed by atoms with van der Waals surface area (Å²) in [5, 5.41) is 2.75. The van der Waals surface area contributed by atoms with Crippen LogP contribution in [-0.2, 0) is 10.0 Å². The second kappa shape index (κ2) is 9.47. The Morgan fingerprint density at radius 3 is 2.38 bits per heavy atom. The molecular weight excluding hydrogens is 475 g/mol. The minimum absolute atomic E-state index is 0.00122. The number of ether oxygens (including phenoxy) is 2. The largest absolute Gasteiger partial charge is 0.493 e. The van der Waals surface area contributed by atoms with Crippen molar-refractivity contribution in [3.8, 4) is 11.5 Å². The third kappa shape index (κ3) is 5.31. The molecule has 10 heteroatoms. The van der Waals surface area contributed by atoms with Crippen LogP contribution in [0.2, 0.25) is 10.0 Å². The summed E-state index contributed by atoms with van der Waals surface area (Å²) in [6.07, 6.45) is 5.88. The minimum Gasteiger partial charge on any atom is -0.493 e. The standard InChI is InChI=1S/C22H24Cl2N2O5S/c1-30-19-9-8-14(10-20(19)31-15-4-2-3-5-15)25-22(27)16-11-21(18(24)12-17(16)23)32(28,29)26-13-6-7-13/h8-13,15,26H,2-7H2,1H3,(H,25,27). The fourth-order valence-corrected chi connectivity index (χ4v) is 5.79. The van der Waals surface area contributed by atoms with Gasteiger partial charge in [-0.05, 0) is 62.8 Å². The lowest BCUT2D eigenvalue weighted by Crippen LogP contribution is -2.26. The first-order chi connectivity index (χ1) is 15.3. The van der Waals surface area contributed by atoms with E-state index in [0.717, 1.165) is 38.5 Å². The van der Waals surface area contributed by atoms with E-state index in [4.69, 9.17) is 32.7 Å². The number of anilines is 1. The van der Waals surface area contributed by atoms with Crippen LogP contribution in [0.3, 0.4) is 0 Å². The van der Waals surface area contributed by atoms with Crippen molar-refractivity contribution in [2.75, 3.05) is 12.4 Å². The maximum absolute atomic E-state index is 12.9. The van der Waals surface area contributed by atoms with E-state index in [1.165, 1.54) is 12.1 Å². The molecule has 0 radical (unpaired) electrons. The Kier molecular flexibility index (Phi) is 6.86. The van der Waals surface area contributed by atoms with Crippen molar-refractivity contribution in [3.05, 3.63) is 45.9 Å². The number of amides is 1. The average Bonchev–Trinajstić information content (AvgIpc) is 3.38. The van der Waals surface area contributed by atoms with E-state index in [1.807, 2.05) is 0 Å². The molecule has 0 aliphatic heterocycles. The van der Waals surface area contributed by atoms with Crippen molar-refractivity contribution in [3.63, 3.8) is 0 Å². The number of methoxy groups -OCH3 is 1. The van der Waals surface area contributed by atoms with E-state index < -0.39 is 15.9 Å². The van der Waals surface area contributed by atoms with E-state index in [-0.39, 0.29) is 32.7 Å². The molecule has 7 nitrogen and oxygen atoms in total. The topological polar surface area (TPSA) is 93.7 Å². The first kappa shape index (κ1) is 23.2. The summed E-state index contributed by atoms with van der Waals surface area (Å²) in [5.74, 6) is 0.543. The number of hydrogen-bond acceptors (Lipinski definition) is 5. The normalized spacial score (nSPS) is 16.7. The quantitative estimate of drug-likeness (QED) is 0.532. The molecule has 2 saturated carbocycles. The van der Waals surface area contributed by atoms with Gasteiger partial charge in [0.05, 0.1) is 28.8 Å². The van der Waals surface area contributed by atoms with Gasteiger partial charge >= 0.3 is 0 Å². The van der Waals surface area contributed by atoms with Crippen LogP contribution >= 0.6 is 23.2 Å². The Labute approximate surface area is 197 Å². The van der Waals surface area contributed by atoms with Crippen molar-refractivity contribution in [2.45, 2.75) is 55.6 Å². The van der Waals surface area contributed by atoms with Gasteiger partial charge in [-0.15, -0.1) is 0 Å². The highest BCUT2D eigenvalue weighted by Gasteiger charge is 2.30. The first-order valence-corrected chi connectivity index (χ1v) is 12.7. The molecule has 2 aliphatic carbocycles. The molecule has 0 aromatic heterocycles. The summed E-state index contributed by atoms with van der Waals surface area (Å²) in [7, 11) is -2.30. The van der Waals surface area contributed by atoms with Gasteiger partial charge in [-0.1, -0.05) is 23.2 Å². The van der Waals surface area contributed by atoms with Crippen LogP contribution in [0.15, 0.2) is 35.2 Å². The fraction of sp³-hybridized carbons (Fsp3) is 0.409. The SMILES string of the molecule is COc1ccc(NC(=O)c2cc(S(=O)(=O)NC3CC3)c(Cl)cc2Cl)cc1OC1CCCC1. The Hall–Kier alpha value is -2.00. The van der Waals surface area contributed by atoms with E-state index >= 15 is 0 Å². The molecule has 0 atom stereocenters. The smallest absolute Gasteiger partial charge is 0.257 e. The van der Waals surface area contributed by atoms with Crippen LogP contribution in [0.25, 0.3) is 0 Å². The molecule has 2 aromatic carbocycles. The zero-order valence-corrected chi connectivity index (χ0v) is 19.8. The molecule has 32 heavy (non-hydrogen) atoms. The highest BCUT2D eigenvalue weighted by molar-refractivity contribution is 7.89. The van der Waals surface area contributed by atoms with Gasteiger partial charge in [0, 0.05) is 17.8 Å². The fourth-order valence-electron chi connectivity index (χ4n) is 3.62. The van der Waals surface area contributed by atoms with Gasteiger partial charge in [-0.25, -0.2) is 13.1 Å². The number of hydrogen-bond donors (Lipinski definition) is 2. The molecule has 1 amide bonds. The van der Waals surface area contributed by atoms with Crippen molar-refractivity contribution < 1.29 is 22.7 Å². The van der Waals surface area contributed by atoms with Crippen molar-refractivity contribution in [1.29, 1.82) is 0 Å². The highest BCUT2D eigenvalue weighted by Crippen LogP contribution is 2.35. The maximum Gasteiger partial charge on any atom is 0.257 e. The van der Waals surface area contributed by atoms with Crippen LogP contribution < -0.4 is 19.5 Å². The highest BCUT2D eigenvalue weighted by atomic mass is 35.5. The summed E-state index contributed by atoms with van der Waals surface area (Å²) in [5.41, 5.74) is 0.469. The van der Waals surface area contributed by atoms with Crippen molar-refractivity contribution in [1.82, 2.24) is 4.72 Å². The molecule has 0 spiro atoms. The zero-order chi connectivity index (χ0) is 22.9. The monoisotopic (exact) mass is 498 g/mol. The number of sulfonamides is 1. The number of carbonyl (C=O) groups excluding carboxylic acids is 1. The van der Waals surface area contributed by atoms with Crippen molar-refractivity contribution >= 4 is 44.8 Å². The van der Waals surface area contributed by atoms with E-state index in [9.17, 15) is 13.2 Å². The zero-order valence-electron chi connectivity index (χ0n) is 17.5. The second-order valence-electron chi connectivity index (χ2n) is 8.00. The number of rotatable bonds is 8. The van der Waals surface area contributed by atoms with E-state index in [2.05, 4.69) is 10.0 Å². The molecule has 2 aromatic rings. The minimum atomic E-state index is -3.86. The van der Waals surface area contributed by atoms with Gasteiger partial charge in [0.2, 0.25) is 10.0 Å². The molecule has 2 N–H and O–H groups in total. The summed E-state index contributed by atoms with van der Waals surface area (Å²) < 4.78 is 39.3. The lowest BCUT2D eigenvalue weighted by molar-refractivity contribution is 0.102. The molecule has 0 bridgehead atoms. The molecule has 2 aliphatic rings. The molecule has 2 fully saturated rings. The van der Waals surface area contributed by atoms with Crippen LogP contribution in [0.5, 0.6) is 11.5 Å². The average molecular weight is 499 g/mol. The number of nitrogens with one attached hydrogen (secondary N) is 2. The van der Waals surface area contributed by atoms with E-state index in [0.29, 0.717) is 17.2 Å². The second-order valence-corrected chi connectivity index (χ2v) is 10.5. The summed E-state index contributed by atoms with van der Waals surface area (Å²) in [4.78, 5) is 12.8. The van der Waals surface area contributed by atoms with Gasteiger partial charge < -0.3 is 14.8 Å². The van der Waals surface area contributed by atoms with Gasteiger partial charge in [-0.2, -0.15) is 0 Å². The molecule has 172 valence electrons. The van der Waals surface area contributed by atoms with Gasteiger partial charge in [-0.3, -0.25) is 4.79 Å². The Balaban J connectivity index is 1.57. The summed E-state index contributed by atoms with van der Waals surface area (Å²) in [6.45, 7) is 0. The predicted octanol–water partition coefficient (Wildman–Crippen LogP) is 5.02. The lowest BCUT2D eigenvalue weighted by Gasteiger charge is -2.17. The third-order valence-corrected chi connectivity index (χ3v) is 7.77. The summed E-state index contributed by atoms with van der Waals surface area (Å²) in [6, 6.07) is 7.44. The molecule has 4 rings (SSSR count). The van der Waals surface area contributed by atoms with Crippen LogP contribution in [0.1, 0.15) is 48.9 Å². The van der Waals surface area contributed by atoms with E-state index in [1.54, 1.807) is 25.3 Å². The predicted molar refractivity (Wildman–Crippen MR) is 124 cm³/mol. The van der Waals surface area contributed by atoms with Gasteiger partial charge in [0.1, 0.15) is 4.90 Å². The number of halogens is 2. The molecule has 0 saturated heterocycles. The molecular formula is C22H24Cl2N2O5S. The maximum atomic E-state index is 12.9. The summed E-state index contributed by atoms with van der Waals surface area (Å²) >= 11 is 12.3. The first-order valence-electron chi connectivity index (χ1n) is 10.4. The van der Waals surface area contributed by atoms with Gasteiger partial charge in [0.25, 0.3) is 5.91 Å². The van der Waals surface area contributed by atoms with Crippen LogP contribution in [0, 0.1) is 0 Å². The Morgan fingerprint density at radius 1 is 1.00 bits per heavy atom. The van der Waals surface area contributed by atoms with Gasteiger partial charge in [0.15, 0.2) is 11.5 Å².